The Morgan fingerprint density at radius 3 is 2.56 bits per heavy atom. The van der Waals surface area contributed by atoms with Gasteiger partial charge in [0, 0.05) is 30.4 Å². The Morgan fingerprint density at radius 2 is 2.06 bits per heavy atom. The Morgan fingerprint density at radius 1 is 1.44 bits per heavy atom. The molecule has 0 aromatic carbocycles. The highest BCUT2D eigenvalue weighted by atomic mass is 16.4. The van der Waals surface area contributed by atoms with E-state index >= 15 is 0 Å². The molecule has 1 aliphatic heterocycles. The number of rotatable bonds is 1. The maximum absolute atomic E-state index is 10.8. The maximum Gasteiger partial charge on any atom is 0.407 e. The molecule has 5 nitrogen and oxygen atoms in total. The summed E-state index contributed by atoms with van der Waals surface area (Å²) in [6.45, 7) is 4.96. The Balaban J connectivity index is 2.17. The van der Waals surface area contributed by atoms with E-state index in [1.165, 1.54) is 4.90 Å². The van der Waals surface area contributed by atoms with Crippen LogP contribution in [-0.2, 0) is 0 Å². The van der Waals surface area contributed by atoms with Crippen LogP contribution in [0.4, 0.5) is 4.79 Å². The topological polar surface area (TPSA) is 66.3 Å². The van der Waals surface area contributed by atoms with Crippen LogP contribution in [0.3, 0.4) is 0 Å². The van der Waals surface area contributed by atoms with Crippen molar-refractivity contribution in [1.82, 2.24) is 14.9 Å². The second kappa shape index (κ2) is 4.08. The van der Waals surface area contributed by atoms with Gasteiger partial charge in [0.25, 0.3) is 0 Å². The van der Waals surface area contributed by atoms with Crippen LogP contribution in [0.1, 0.15) is 29.6 Å². The van der Waals surface area contributed by atoms with Crippen LogP contribution >= 0.6 is 0 Å². The van der Waals surface area contributed by atoms with Gasteiger partial charge in [-0.05, 0) is 26.3 Å². The highest BCUT2D eigenvalue weighted by molar-refractivity contribution is 5.65. The second-order valence-corrected chi connectivity index (χ2v) is 4.22. The molecular formula is C11H15N3O2. The third-order valence-electron chi connectivity index (χ3n) is 2.82. The van der Waals surface area contributed by atoms with Crippen molar-refractivity contribution in [1.29, 1.82) is 0 Å². The first kappa shape index (κ1) is 10.9. The smallest absolute Gasteiger partial charge is 0.407 e. The summed E-state index contributed by atoms with van der Waals surface area (Å²) in [5, 5.41) is 8.87. The first-order valence-corrected chi connectivity index (χ1v) is 5.36. The monoisotopic (exact) mass is 221 g/mol. The first-order chi connectivity index (χ1) is 7.56. The first-order valence-electron chi connectivity index (χ1n) is 5.36. The van der Waals surface area contributed by atoms with E-state index in [4.69, 9.17) is 5.11 Å². The molecule has 2 rings (SSSR count). The molecule has 1 aromatic heterocycles. The summed E-state index contributed by atoms with van der Waals surface area (Å²) in [5.41, 5.74) is 1.88. The predicted octanol–water partition coefficient (Wildman–Crippen LogP) is 1.56. The average molecular weight is 221 g/mol. The van der Waals surface area contributed by atoms with Gasteiger partial charge in [-0.15, -0.1) is 0 Å². The summed E-state index contributed by atoms with van der Waals surface area (Å²) in [5.74, 6) is 0.927. The lowest BCUT2D eigenvalue weighted by Gasteiger charge is -2.12. The Bertz CT molecular complexity index is 399. The number of amides is 1. The Kier molecular flexibility index (Phi) is 2.77. The molecule has 1 amide bonds. The number of hydrogen-bond donors (Lipinski definition) is 1. The molecule has 1 saturated heterocycles. The van der Waals surface area contributed by atoms with Crippen molar-refractivity contribution in [2.75, 3.05) is 13.1 Å². The van der Waals surface area contributed by atoms with Crippen LogP contribution in [0, 0.1) is 13.8 Å². The molecule has 86 valence electrons. The minimum Gasteiger partial charge on any atom is -0.465 e. The molecule has 16 heavy (non-hydrogen) atoms. The fourth-order valence-electron chi connectivity index (χ4n) is 2.08. The molecular weight excluding hydrogens is 206 g/mol. The van der Waals surface area contributed by atoms with Gasteiger partial charge in [-0.25, -0.2) is 14.8 Å². The lowest BCUT2D eigenvalue weighted by molar-refractivity contribution is 0.155. The number of hydrogen-bond acceptors (Lipinski definition) is 3. The number of aryl methyl sites for hydroxylation is 2. The summed E-state index contributed by atoms with van der Waals surface area (Å²) >= 11 is 0. The summed E-state index contributed by atoms with van der Waals surface area (Å²) in [6, 6.07) is 1.92. The lowest BCUT2D eigenvalue weighted by Crippen LogP contribution is -2.26. The molecule has 1 aliphatic rings. The van der Waals surface area contributed by atoms with Gasteiger partial charge in [-0.1, -0.05) is 0 Å². The highest BCUT2D eigenvalue weighted by Crippen LogP contribution is 2.24. The number of carboxylic acid groups (broad SMARTS) is 1. The van der Waals surface area contributed by atoms with E-state index in [9.17, 15) is 4.79 Å². The summed E-state index contributed by atoms with van der Waals surface area (Å²) in [4.78, 5) is 21.0. The van der Waals surface area contributed by atoms with Gasteiger partial charge in [-0.3, -0.25) is 0 Å². The molecule has 0 aliphatic carbocycles. The molecule has 1 atom stereocenters. The van der Waals surface area contributed by atoms with E-state index in [0.29, 0.717) is 13.1 Å². The van der Waals surface area contributed by atoms with Crippen molar-refractivity contribution < 1.29 is 9.90 Å². The zero-order valence-electron chi connectivity index (χ0n) is 9.47. The highest BCUT2D eigenvalue weighted by Gasteiger charge is 2.28. The molecule has 5 heteroatoms. The standard InChI is InChI=1S/C11H15N3O2/c1-7-5-8(2)13-10(12-7)9-3-4-14(6-9)11(15)16/h5,9H,3-4,6H2,1-2H3,(H,15,16). The van der Waals surface area contributed by atoms with E-state index in [0.717, 1.165) is 23.6 Å². The van der Waals surface area contributed by atoms with E-state index < -0.39 is 6.09 Å². The summed E-state index contributed by atoms with van der Waals surface area (Å²) in [6.07, 6.45) is -0.0401. The van der Waals surface area contributed by atoms with E-state index in [2.05, 4.69) is 9.97 Å². The van der Waals surface area contributed by atoms with Crippen molar-refractivity contribution in [2.24, 2.45) is 0 Å². The van der Waals surface area contributed by atoms with Crippen molar-refractivity contribution in [3.63, 3.8) is 0 Å². The summed E-state index contributed by atoms with van der Waals surface area (Å²) in [7, 11) is 0. The third kappa shape index (κ3) is 2.13. The molecule has 1 unspecified atom stereocenters. The van der Waals surface area contributed by atoms with Crippen molar-refractivity contribution in [3.05, 3.63) is 23.3 Å². The largest absolute Gasteiger partial charge is 0.465 e. The zero-order valence-corrected chi connectivity index (χ0v) is 9.47. The number of aromatic nitrogens is 2. The van der Waals surface area contributed by atoms with Gasteiger partial charge >= 0.3 is 6.09 Å². The van der Waals surface area contributed by atoms with Crippen LogP contribution in [0.5, 0.6) is 0 Å². The second-order valence-electron chi connectivity index (χ2n) is 4.22. The van der Waals surface area contributed by atoms with Gasteiger partial charge in [0.05, 0.1) is 0 Å². The van der Waals surface area contributed by atoms with E-state index in [-0.39, 0.29) is 5.92 Å². The van der Waals surface area contributed by atoms with E-state index in [1.807, 2.05) is 19.9 Å². The predicted molar refractivity (Wildman–Crippen MR) is 58.5 cm³/mol. The zero-order chi connectivity index (χ0) is 11.7. The molecule has 0 saturated carbocycles. The van der Waals surface area contributed by atoms with Gasteiger partial charge in [0.1, 0.15) is 5.82 Å². The molecule has 1 aromatic rings. The van der Waals surface area contributed by atoms with Crippen molar-refractivity contribution in [3.8, 4) is 0 Å². The molecule has 0 spiro atoms. The van der Waals surface area contributed by atoms with Crippen molar-refractivity contribution in [2.45, 2.75) is 26.2 Å². The van der Waals surface area contributed by atoms with Crippen molar-refractivity contribution >= 4 is 6.09 Å². The maximum atomic E-state index is 10.8. The number of nitrogens with zero attached hydrogens (tertiary/aromatic N) is 3. The molecule has 0 bridgehead atoms. The third-order valence-corrected chi connectivity index (χ3v) is 2.82. The molecule has 1 fully saturated rings. The fraction of sp³-hybridized carbons (Fsp3) is 0.545. The van der Waals surface area contributed by atoms with Crippen LogP contribution in [0.25, 0.3) is 0 Å². The van der Waals surface area contributed by atoms with Gasteiger partial charge < -0.3 is 10.0 Å². The van der Waals surface area contributed by atoms with Gasteiger partial charge in [-0.2, -0.15) is 0 Å². The van der Waals surface area contributed by atoms with Gasteiger partial charge in [0.2, 0.25) is 0 Å². The number of carbonyl (C=O) groups is 1. The number of likely N-dealkylation sites (tertiary alicyclic amines) is 1. The minimum atomic E-state index is -0.855. The van der Waals surface area contributed by atoms with E-state index in [1.54, 1.807) is 0 Å². The van der Waals surface area contributed by atoms with Crippen LogP contribution in [0.2, 0.25) is 0 Å². The van der Waals surface area contributed by atoms with Crippen LogP contribution < -0.4 is 0 Å². The minimum absolute atomic E-state index is 0.148. The van der Waals surface area contributed by atoms with Crippen LogP contribution in [0.15, 0.2) is 6.07 Å². The normalized spacial score (nSPS) is 20.1. The fourth-order valence-corrected chi connectivity index (χ4v) is 2.08. The molecule has 1 N–H and O–H groups in total. The Labute approximate surface area is 94.1 Å². The molecule has 0 radical (unpaired) electrons. The molecule has 2 heterocycles. The Hall–Kier alpha value is -1.65. The SMILES string of the molecule is Cc1cc(C)nc(C2CCN(C(=O)O)C2)n1. The van der Waals surface area contributed by atoms with Gasteiger partial charge in [0.15, 0.2) is 0 Å². The van der Waals surface area contributed by atoms with Crippen LogP contribution in [-0.4, -0.2) is 39.2 Å². The lowest BCUT2D eigenvalue weighted by atomic mass is 10.1. The summed E-state index contributed by atoms with van der Waals surface area (Å²) < 4.78 is 0. The average Bonchev–Trinajstić information content (AvgIpc) is 2.64. The quantitative estimate of drug-likeness (QED) is 0.781.